The third kappa shape index (κ3) is 3.16. The maximum Gasteiger partial charge on any atom is 0.306 e. The van der Waals surface area contributed by atoms with E-state index in [0.717, 1.165) is 5.57 Å². The van der Waals surface area contributed by atoms with Crippen molar-refractivity contribution in [2.75, 3.05) is 6.61 Å². The number of carbonyl (C=O) groups is 4. The SMILES string of the molecule is CC(=O)OC1C=C(C)C2CC3OC(=O)CC4C(C)C(OC(C)=O)C5(O)OCC34C5C2(C)C1OC(C)=O. The molecule has 1 spiro atoms. The second-order valence-corrected chi connectivity index (χ2v) is 11.4. The largest absolute Gasteiger partial charge is 0.462 e. The smallest absolute Gasteiger partial charge is 0.306 e. The van der Waals surface area contributed by atoms with Crippen LogP contribution in [0.25, 0.3) is 0 Å². The van der Waals surface area contributed by atoms with Gasteiger partial charge < -0.3 is 28.8 Å². The molecule has 5 aliphatic rings. The minimum atomic E-state index is -1.94. The zero-order valence-corrected chi connectivity index (χ0v) is 21.4. The van der Waals surface area contributed by atoms with E-state index in [1.165, 1.54) is 20.8 Å². The van der Waals surface area contributed by atoms with E-state index in [4.69, 9.17) is 23.7 Å². The zero-order valence-electron chi connectivity index (χ0n) is 21.4. The summed E-state index contributed by atoms with van der Waals surface area (Å²) in [5.41, 5.74) is -0.945. The van der Waals surface area contributed by atoms with Gasteiger partial charge in [-0.25, -0.2) is 0 Å². The molecule has 198 valence electrons. The lowest BCUT2D eigenvalue weighted by Crippen LogP contribution is -2.76. The number of carbonyl (C=O) groups excluding carboxylic acids is 4. The Balaban J connectivity index is 1.75. The molecule has 0 radical (unpaired) electrons. The van der Waals surface area contributed by atoms with E-state index in [9.17, 15) is 24.3 Å². The van der Waals surface area contributed by atoms with Gasteiger partial charge in [-0.05, 0) is 31.3 Å². The number of fused-ring (bicyclic) bond motifs is 1. The van der Waals surface area contributed by atoms with Crippen molar-refractivity contribution in [1.29, 1.82) is 0 Å². The summed E-state index contributed by atoms with van der Waals surface area (Å²) in [7, 11) is 0. The van der Waals surface area contributed by atoms with Gasteiger partial charge in [0.1, 0.15) is 12.2 Å². The Bertz CT molecular complexity index is 1050. The van der Waals surface area contributed by atoms with Crippen molar-refractivity contribution in [2.45, 2.75) is 84.6 Å². The topological polar surface area (TPSA) is 135 Å². The Morgan fingerprint density at radius 1 is 1.06 bits per heavy atom. The molecule has 11 atom stereocenters. The molecular formula is C26H34O10. The third-order valence-corrected chi connectivity index (χ3v) is 9.57. The minimum absolute atomic E-state index is 0.0898. The standard InChI is InChI=1S/C26H34O10/c1-11-7-18(33-13(3)27)22(35-15(5)29)24(6)16(11)8-19-25-10-32-26(31,23(24)25)21(34-14(4)28)12(2)17(25)9-20(30)36-19/h7,12,16-19,21-23,31H,8-10H2,1-6H3. The molecule has 3 aliphatic carbocycles. The van der Waals surface area contributed by atoms with E-state index in [-0.39, 0.29) is 30.8 Å². The van der Waals surface area contributed by atoms with E-state index in [1.807, 2.05) is 20.8 Å². The van der Waals surface area contributed by atoms with Crippen molar-refractivity contribution >= 4 is 23.9 Å². The number of rotatable bonds is 3. The van der Waals surface area contributed by atoms with Crippen molar-refractivity contribution in [3.05, 3.63) is 11.6 Å². The van der Waals surface area contributed by atoms with E-state index in [1.54, 1.807) is 6.08 Å². The van der Waals surface area contributed by atoms with Gasteiger partial charge in [0, 0.05) is 49.9 Å². The Morgan fingerprint density at radius 2 is 1.67 bits per heavy atom. The molecule has 2 saturated carbocycles. The second kappa shape index (κ2) is 8.02. The van der Waals surface area contributed by atoms with Crippen molar-refractivity contribution in [3.63, 3.8) is 0 Å². The van der Waals surface area contributed by atoms with Crippen LogP contribution in [0, 0.1) is 34.5 Å². The lowest BCUT2D eigenvalue weighted by Gasteiger charge is -2.68. The highest BCUT2D eigenvalue weighted by Gasteiger charge is 2.83. The van der Waals surface area contributed by atoms with Crippen LogP contribution in [0.3, 0.4) is 0 Å². The van der Waals surface area contributed by atoms with Gasteiger partial charge in [0.25, 0.3) is 0 Å². The second-order valence-electron chi connectivity index (χ2n) is 11.4. The van der Waals surface area contributed by atoms with Crippen LogP contribution in [0.15, 0.2) is 11.6 Å². The monoisotopic (exact) mass is 506 g/mol. The number of ether oxygens (including phenoxy) is 5. The lowest BCUT2D eigenvalue weighted by atomic mass is 9.38. The average Bonchev–Trinajstić information content (AvgIpc) is 3.04. The minimum Gasteiger partial charge on any atom is -0.462 e. The third-order valence-electron chi connectivity index (χ3n) is 9.57. The number of allylic oxidation sites excluding steroid dienone is 1. The van der Waals surface area contributed by atoms with Gasteiger partial charge in [0.05, 0.1) is 6.61 Å². The highest BCUT2D eigenvalue weighted by molar-refractivity contribution is 5.72. The predicted molar refractivity (Wildman–Crippen MR) is 121 cm³/mol. The van der Waals surface area contributed by atoms with Crippen LogP contribution in [-0.4, -0.2) is 65.8 Å². The summed E-state index contributed by atoms with van der Waals surface area (Å²) in [5, 5.41) is 12.3. The van der Waals surface area contributed by atoms with Crippen LogP contribution < -0.4 is 0 Å². The summed E-state index contributed by atoms with van der Waals surface area (Å²) in [6.45, 7) is 9.59. The van der Waals surface area contributed by atoms with E-state index in [0.29, 0.717) is 6.42 Å². The van der Waals surface area contributed by atoms with Gasteiger partial charge in [-0.2, -0.15) is 0 Å². The summed E-state index contributed by atoms with van der Waals surface area (Å²) < 4.78 is 29.4. The summed E-state index contributed by atoms with van der Waals surface area (Å²) in [4.78, 5) is 49.3. The van der Waals surface area contributed by atoms with Gasteiger partial charge >= 0.3 is 23.9 Å². The first-order valence-corrected chi connectivity index (χ1v) is 12.5. The molecule has 1 N–H and O–H groups in total. The first-order valence-electron chi connectivity index (χ1n) is 12.5. The molecule has 36 heavy (non-hydrogen) atoms. The van der Waals surface area contributed by atoms with Crippen LogP contribution >= 0.6 is 0 Å². The fourth-order valence-corrected chi connectivity index (χ4v) is 8.67. The Labute approximate surface area is 209 Å². The molecule has 0 aromatic rings. The van der Waals surface area contributed by atoms with E-state index >= 15 is 0 Å². The fraction of sp³-hybridized carbons (Fsp3) is 0.769. The molecule has 5 rings (SSSR count). The van der Waals surface area contributed by atoms with Gasteiger partial charge in [0.15, 0.2) is 12.2 Å². The van der Waals surface area contributed by atoms with Crippen molar-refractivity contribution < 1.29 is 48.0 Å². The first kappa shape index (κ1) is 25.2. The molecule has 0 aromatic carbocycles. The van der Waals surface area contributed by atoms with Crippen LogP contribution in [0.5, 0.6) is 0 Å². The molecule has 10 nitrogen and oxygen atoms in total. The van der Waals surface area contributed by atoms with Crippen LogP contribution in [-0.2, 0) is 42.9 Å². The predicted octanol–water partition coefficient (Wildman–Crippen LogP) is 1.67. The first-order chi connectivity index (χ1) is 16.8. The zero-order chi connectivity index (χ0) is 26.4. The maximum atomic E-state index is 12.8. The maximum absolute atomic E-state index is 12.8. The molecule has 4 fully saturated rings. The van der Waals surface area contributed by atoms with Crippen LogP contribution in [0.1, 0.15) is 54.4 Å². The molecule has 2 bridgehead atoms. The van der Waals surface area contributed by atoms with Gasteiger partial charge in [0.2, 0.25) is 5.79 Å². The summed E-state index contributed by atoms with van der Waals surface area (Å²) in [6, 6.07) is 0. The molecule has 11 unspecified atom stereocenters. The Hall–Kier alpha value is -2.46. The Kier molecular flexibility index (Phi) is 5.61. The summed E-state index contributed by atoms with van der Waals surface area (Å²) in [6.07, 6.45) is -1.15. The van der Waals surface area contributed by atoms with Gasteiger partial charge in [-0.3, -0.25) is 19.2 Å². The molecule has 2 saturated heterocycles. The van der Waals surface area contributed by atoms with Gasteiger partial charge in [-0.1, -0.05) is 19.4 Å². The van der Waals surface area contributed by atoms with Gasteiger partial charge in [-0.15, -0.1) is 0 Å². The average molecular weight is 507 g/mol. The molecular weight excluding hydrogens is 472 g/mol. The molecule has 10 heteroatoms. The number of hydrogen-bond acceptors (Lipinski definition) is 10. The quantitative estimate of drug-likeness (QED) is 0.342. The van der Waals surface area contributed by atoms with Crippen molar-refractivity contribution in [2.24, 2.45) is 34.5 Å². The molecule has 2 aliphatic heterocycles. The van der Waals surface area contributed by atoms with Crippen LogP contribution in [0.4, 0.5) is 0 Å². The lowest BCUT2D eigenvalue weighted by molar-refractivity contribution is -0.339. The fourth-order valence-electron chi connectivity index (χ4n) is 8.67. The summed E-state index contributed by atoms with van der Waals surface area (Å²) in [5.74, 6) is -5.72. The molecule has 0 aromatic heterocycles. The van der Waals surface area contributed by atoms with Crippen LogP contribution in [0.2, 0.25) is 0 Å². The van der Waals surface area contributed by atoms with E-state index in [2.05, 4.69) is 0 Å². The molecule has 2 heterocycles. The Morgan fingerprint density at radius 3 is 2.28 bits per heavy atom. The van der Waals surface area contributed by atoms with Crippen molar-refractivity contribution in [1.82, 2.24) is 0 Å². The summed E-state index contributed by atoms with van der Waals surface area (Å²) >= 11 is 0. The molecule has 0 amide bonds. The number of hydrogen-bond donors (Lipinski definition) is 1. The van der Waals surface area contributed by atoms with E-state index < -0.39 is 70.8 Å². The highest BCUT2D eigenvalue weighted by atomic mass is 16.7. The van der Waals surface area contributed by atoms with Crippen molar-refractivity contribution in [3.8, 4) is 0 Å². The normalized spacial score (nSPS) is 48.5. The number of esters is 4. The number of aliphatic hydroxyl groups is 1. The highest BCUT2D eigenvalue weighted by Crippen LogP contribution is 2.74.